The number of para-hydroxylation sites is 1. The van der Waals surface area contributed by atoms with Crippen LogP contribution >= 0.6 is 11.3 Å². The van der Waals surface area contributed by atoms with Crippen molar-refractivity contribution in [2.24, 2.45) is 0 Å². The number of furan rings is 1. The van der Waals surface area contributed by atoms with Crippen LogP contribution in [0.4, 0.5) is 0 Å². The van der Waals surface area contributed by atoms with E-state index in [2.05, 4.69) is 25.5 Å². The molecule has 0 bridgehead atoms. The molecular weight excluding hydrogens is 312 g/mol. The lowest BCUT2D eigenvalue weighted by Gasteiger charge is -1.90. The fourth-order valence-corrected chi connectivity index (χ4v) is 3.29. The fraction of sp³-hybridized carbons (Fsp3) is 0.0667. The molecule has 23 heavy (non-hydrogen) atoms. The van der Waals surface area contributed by atoms with Crippen LogP contribution in [-0.2, 0) is 0 Å². The molecule has 7 nitrogen and oxygen atoms in total. The quantitative estimate of drug-likeness (QED) is 0.539. The molecule has 8 heteroatoms. The molecule has 0 saturated carbocycles. The van der Waals surface area contributed by atoms with Gasteiger partial charge in [-0.15, -0.1) is 10.2 Å². The molecule has 0 amide bonds. The molecule has 5 aromatic rings. The first-order valence-corrected chi connectivity index (χ1v) is 7.83. The zero-order valence-electron chi connectivity index (χ0n) is 12.0. The van der Waals surface area contributed by atoms with E-state index in [1.54, 1.807) is 4.52 Å². The van der Waals surface area contributed by atoms with Crippen LogP contribution in [0.1, 0.15) is 5.69 Å². The molecule has 0 aliphatic rings. The number of aryl methyl sites for hydroxylation is 1. The molecule has 0 atom stereocenters. The zero-order valence-corrected chi connectivity index (χ0v) is 12.8. The molecule has 1 N–H and O–H groups in total. The minimum absolute atomic E-state index is 0.589. The highest BCUT2D eigenvalue weighted by Gasteiger charge is 2.18. The number of benzene rings is 1. The van der Waals surface area contributed by atoms with Gasteiger partial charge in [-0.1, -0.05) is 29.5 Å². The van der Waals surface area contributed by atoms with Gasteiger partial charge < -0.3 is 4.42 Å². The SMILES string of the molecule is Cc1cc(-c2nn3c(-c4cc5ccccc5o4)nnc3s2)n[nH]1. The van der Waals surface area contributed by atoms with Gasteiger partial charge in [0.15, 0.2) is 10.8 Å². The molecule has 0 fully saturated rings. The maximum absolute atomic E-state index is 5.86. The second kappa shape index (κ2) is 4.50. The lowest BCUT2D eigenvalue weighted by atomic mass is 10.2. The number of aromatic amines is 1. The van der Waals surface area contributed by atoms with Crippen LogP contribution in [-0.4, -0.2) is 30.0 Å². The van der Waals surface area contributed by atoms with E-state index >= 15 is 0 Å². The van der Waals surface area contributed by atoms with Crippen molar-refractivity contribution in [1.29, 1.82) is 0 Å². The fourth-order valence-electron chi connectivity index (χ4n) is 2.49. The zero-order chi connectivity index (χ0) is 15.4. The molecule has 0 unspecified atom stereocenters. The van der Waals surface area contributed by atoms with E-state index in [4.69, 9.17) is 4.42 Å². The Labute approximate surface area is 133 Å². The highest BCUT2D eigenvalue weighted by atomic mass is 32.1. The van der Waals surface area contributed by atoms with Crippen LogP contribution in [0.2, 0.25) is 0 Å². The van der Waals surface area contributed by atoms with Crippen molar-refractivity contribution >= 4 is 27.3 Å². The monoisotopic (exact) mass is 322 g/mol. The van der Waals surface area contributed by atoms with Gasteiger partial charge in [0.05, 0.1) is 0 Å². The smallest absolute Gasteiger partial charge is 0.235 e. The molecule has 4 heterocycles. The van der Waals surface area contributed by atoms with Gasteiger partial charge >= 0.3 is 0 Å². The van der Waals surface area contributed by atoms with E-state index < -0.39 is 0 Å². The number of hydrogen-bond donors (Lipinski definition) is 1. The van der Waals surface area contributed by atoms with Crippen LogP contribution in [0.15, 0.2) is 40.8 Å². The predicted molar refractivity (Wildman–Crippen MR) is 86.2 cm³/mol. The van der Waals surface area contributed by atoms with Crippen molar-refractivity contribution in [1.82, 2.24) is 30.0 Å². The van der Waals surface area contributed by atoms with Crippen LogP contribution in [0.3, 0.4) is 0 Å². The summed E-state index contributed by atoms with van der Waals surface area (Å²) in [6, 6.07) is 11.7. The van der Waals surface area contributed by atoms with Crippen molar-refractivity contribution in [2.75, 3.05) is 0 Å². The Morgan fingerprint density at radius 1 is 1.17 bits per heavy atom. The Balaban J connectivity index is 1.68. The standard InChI is InChI=1S/C15H10N6OS/c1-8-6-10(17-16-8)14-20-21-13(18-19-15(21)23-14)12-7-9-4-2-3-5-11(9)22-12/h2-7H,1H3,(H,16,17). The maximum atomic E-state index is 5.86. The normalized spacial score (nSPS) is 11.7. The average molecular weight is 322 g/mol. The minimum atomic E-state index is 0.589. The number of nitrogens with zero attached hydrogens (tertiary/aromatic N) is 5. The summed E-state index contributed by atoms with van der Waals surface area (Å²) in [6.45, 7) is 1.95. The largest absolute Gasteiger partial charge is 0.453 e. The van der Waals surface area contributed by atoms with E-state index in [-0.39, 0.29) is 0 Å². The second-order valence-corrected chi connectivity index (χ2v) is 6.17. The third-order valence-corrected chi connectivity index (χ3v) is 4.48. The number of rotatable bonds is 2. The van der Waals surface area contributed by atoms with E-state index in [9.17, 15) is 0 Å². The van der Waals surface area contributed by atoms with Crippen LogP contribution in [0, 0.1) is 6.92 Å². The van der Waals surface area contributed by atoms with Crippen LogP contribution < -0.4 is 0 Å². The Bertz CT molecular complexity index is 1110. The Morgan fingerprint density at radius 3 is 2.91 bits per heavy atom. The minimum Gasteiger partial charge on any atom is -0.453 e. The summed E-state index contributed by atoms with van der Waals surface area (Å²) < 4.78 is 7.56. The first-order chi connectivity index (χ1) is 11.3. The average Bonchev–Trinajstić information content (AvgIpc) is 3.28. The van der Waals surface area contributed by atoms with E-state index in [0.717, 1.165) is 27.4 Å². The third-order valence-electron chi connectivity index (χ3n) is 3.56. The van der Waals surface area contributed by atoms with Gasteiger partial charge in [-0.2, -0.15) is 14.7 Å². The Morgan fingerprint density at radius 2 is 2.09 bits per heavy atom. The van der Waals surface area contributed by atoms with Crippen molar-refractivity contribution in [2.45, 2.75) is 6.92 Å². The van der Waals surface area contributed by atoms with Crippen molar-refractivity contribution < 1.29 is 4.42 Å². The Kier molecular flexibility index (Phi) is 2.45. The lowest BCUT2D eigenvalue weighted by Crippen LogP contribution is -1.89. The topological polar surface area (TPSA) is 84.9 Å². The summed E-state index contributed by atoms with van der Waals surface area (Å²) in [6.07, 6.45) is 0. The van der Waals surface area contributed by atoms with Crippen LogP contribution in [0.25, 0.3) is 38.2 Å². The summed E-state index contributed by atoms with van der Waals surface area (Å²) in [7, 11) is 0. The van der Waals surface area contributed by atoms with Gasteiger partial charge in [-0.3, -0.25) is 5.10 Å². The van der Waals surface area contributed by atoms with Crippen LogP contribution in [0.5, 0.6) is 0 Å². The van der Waals surface area contributed by atoms with Crippen molar-refractivity contribution in [3.63, 3.8) is 0 Å². The van der Waals surface area contributed by atoms with Gasteiger partial charge in [0, 0.05) is 11.1 Å². The third kappa shape index (κ3) is 1.88. The molecule has 1 aromatic carbocycles. The van der Waals surface area contributed by atoms with Gasteiger partial charge in [-0.05, 0) is 25.1 Å². The van der Waals surface area contributed by atoms with Gasteiger partial charge in [0.25, 0.3) is 0 Å². The van der Waals surface area contributed by atoms with Crippen molar-refractivity contribution in [3.8, 4) is 22.3 Å². The molecule has 112 valence electrons. The van der Waals surface area contributed by atoms with Gasteiger partial charge in [0.1, 0.15) is 11.3 Å². The van der Waals surface area contributed by atoms with E-state index in [1.807, 2.05) is 43.3 Å². The molecule has 0 radical (unpaired) electrons. The molecule has 0 aliphatic carbocycles. The molecule has 4 aromatic heterocycles. The first-order valence-electron chi connectivity index (χ1n) is 7.01. The maximum Gasteiger partial charge on any atom is 0.235 e. The summed E-state index contributed by atoms with van der Waals surface area (Å²) in [4.78, 5) is 0.705. The number of nitrogens with one attached hydrogen (secondary N) is 1. The van der Waals surface area contributed by atoms with Crippen molar-refractivity contribution in [3.05, 3.63) is 42.1 Å². The van der Waals surface area contributed by atoms with E-state index in [0.29, 0.717) is 16.5 Å². The second-order valence-electron chi connectivity index (χ2n) is 5.21. The summed E-state index contributed by atoms with van der Waals surface area (Å²) >= 11 is 1.44. The highest BCUT2D eigenvalue weighted by Crippen LogP contribution is 2.30. The molecular formula is C15H10N6OS. The number of fused-ring (bicyclic) bond motifs is 2. The van der Waals surface area contributed by atoms with E-state index in [1.165, 1.54) is 11.3 Å². The summed E-state index contributed by atoms with van der Waals surface area (Å²) in [5.41, 5.74) is 2.61. The van der Waals surface area contributed by atoms with Gasteiger partial charge in [0.2, 0.25) is 10.8 Å². The molecule has 0 saturated heterocycles. The number of H-pyrrole nitrogens is 1. The number of hydrogen-bond acceptors (Lipinski definition) is 6. The lowest BCUT2D eigenvalue weighted by molar-refractivity contribution is 0.622. The number of aromatic nitrogens is 6. The molecule has 5 rings (SSSR count). The molecule has 0 spiro atoms. The predicted octanol–water partition coefficient (Wildman–Crippen LogP) is 3.30. The highest BCUT2D eigenvalue weighted by molar-refractivity contribution is 7.19. The Hall–Kier alpha value is -3.00. The first kappa shape index (κ1) is 12.5. The van der Waals surface area contributed by atoms with Gasteiger partial charge in [-0.25, -0.2) is 0 Å². The summed E-state index contributed by atoms with van der Waals surface area (Å²) in [5.74, 6) is 1.24. The molecule has 0 aliphatic heterocycles. The summed E-state index contributed by atoms with van der Waals surface area (Å²) in [5, 5.41) is 21.9.